The molecule has 0 spiro atoms. The molecule has 2 aromatic rings. The monoisotopic (exact) mass is 453 g/mol. The number of fused-ring (bicyclic) bond motifs is 1. The van der Waals surface area contributed by atoms with E-state index in [4.69, 9.17) is 14.2 Å². The van der Waals surface area contributed by atoms with Crippen molar-refractivity contribution >= 4 is 23.2 Å². The highest BCUT2D eigenvalue weighted by atomic mass is 16.5. The first-order valence-electron chi connectivity index (χ1n) is 11.3. The maximum absolute atomic E-state index is 12.9. The fraction of sp³-hybridized carbons (Fsp3) is 0.440. The molecule has 8 nitrogen and oxygen atoms in total. The number of nitrogens with one attached hydrogen (secondary N) is 1. The summed E-state index contributed by atoms with van der Waals surface area (Å²) in [6.45, 7) is 10.0. The van der Waals surface area contributed by atoms with Gasteiger partial charge in [-0.2, -0.15) is 0 Å². The van der Waals surface area contributed by atoms with E-state index in [0.717, 1.165) is 30.8 Å². The summed E-state index contributed by atoms with van der Waals surface area (Å²) in [6, 6.07) is 11.2. The predicted octanol–water partition coefficient (Wildman–Crippen LogP) is 2.77. The maximum atomic E-state index is 12.9. The molecule has 1 saturated heterocycles. The van der Waals surface area contributed by atoms with E-state index in [2.05, 4.69) is 10.2 Å². The molecule has 176 valence electrons. The minimum atomic E-state index is -0.548. The molecule has 8 heteroatoms. The lowest BCUT2D eigenvalue weighted by atomic mass is 10.1. The van der Waals surface area contributed by atoms with E-state index >= 15 is 0 Å². The van der Waals surface area contributed by atoms with Gasteiger partial charge in [0, 0.05) is 31.9 Å². The van der Waals surface area contributed by atoms with E-state index in [1.54, 1.807) is 30.0 Å². The van der Waals surface area contributed by atoms with Crippen LogP contribution in [-0.4, -0.2) is 68.8 Å². The maximum Gasteiger partial charge on any atom is 0.267 e. The molecule has 2 aliphatic rings. The van der Waals surface area contributed by atoms with E-state index in [0.29, 0.717) is 42.6 Å². The third kappa shape index (κ3) is 5.64. The highest BCUT2D eigenvalue weighted by Crippen LogP contribution is 2.36. The number of aryl methyl sites for hydroxylation is 2. The van der Waals surface area contributed by atoms with E-state index in [1.807, 2.05) is 32.0 Å². The quantitative estimate of drug-likeness (QED) is 0.695. The first-order valence-corrected chi connectivity index (χ1v) is 11.3. The third-order valence-electron chi connectivity index (χ3n) is 5.90. The molecule has 2 aromatic carbocycles. The Labute approximate surface area is 194 Å². The van der Waals surface area contributed by atoms with Crippen LogP contribution >= 0.6 is 0 Å². The average molecular weight is 454 g/mol. The Morgan fingerprint density at radius 3 is 2.70 bits per heavy atom. The molecular weight excluding hydrogens is 422 g/mol. The molecule has 4 rings (SSSR count). The van der Waals surface area contributed by atoms with Crippen molar-refractivity contribution in [3.05, 3.63) is 47.5 Å². The van der Waals surface area contributed by atoms with Crippen LogP contribution in [-0.2, 0) is 14.3 Å². The zero-order valence-corrected chi connectivity index (χ0v) is 19.4. The fourth-order valence-corrected chi connectivity index (χ4v) is 3.98. The first kappa shape index (κ1) is 23.1. The molecule has 33 heavy (non-hydrogen) atoms. The largest absolute Gasteiger partial charge is 0.483 e. The molecule has 1 fully saturated rings. The number of morpholine rings is 1. The van der Waals surface area contributed by atoms with Gasteiger partial charge in [-0.15, -0.1) is 0 Å². The van der Waals surface area contributed by atoms with Crippen molar-refractivity contribution in [1.82, 2.24) is 4.90 Å². The molecule has 0 radical (unpaired) electrons. The van der Waals surface area contributed by atoms with Gasteiger partial charge in [-0.1, -0.05) is 12.1 Å². The normalized spacial score (nSPS) is 18.5. The molecule has 2 aliphatic heterocycles. The minimum absolute atomic E-state index is 0.0857. The van der Waals surface area contributed by atoms with E-state index in [9.17, 15) is 9.59 Å². The summed E-state index contributed by atoms with van der Waals surface area (Å²) >= 11 is 0. The van der Waals surface area contributed by atoms with Gasteiger partial charge in [-0.25, -0.2) is 0 Å². The number of hydrogen-bond donors (Lipinski definition) is 1. The lowest BCUT2D eigenvalue weighted by Crippen LogP contribution is -2.48. The molecular formula is C25H31N3O5. The number of carbonyl (C=O) groups is 2. The van der Waals surface area contributed by atoms with Gasteiger partial charge in [-0.05, 0) is 56.2 Å². The number of rotatable bonds is 7. The van der Waals surface area contributed by atoms with Gasteiger partial charge in [0.15, 0.2) is 12.7 Å². The Balaban J connectivity index is 1.42. The van der Waals surface area contributed by atoms with Crippen LogP contribution in [0.1, 0.15) is 18.1 Å². The Hall–Kier alpha value is -3.10. The summed E-state index contributed by atoms with van der Waals surface area (Å²) in [5.41, 5.74) is 3.30. The van der Waals surface area contributed by atoms with E-state index in [-0.39, 0.29) is 18.4 Å². The van der Waals surface area contributed by atoms with E-state index < -0.39 is 6.10 Å². The zero-order valence-electron chi connectivity index (χ0n) is 19.4. The van der Waals surface area contributed by atoms with Crippen molar-refractivity contribution in [2.75, 3.05) is 56.2 Å². The van der Waals surface area contributed by atoms with Crippen LogP contribution in [0.15, 0.2) is 36.4 Å². The van der Waals surface area contributed by atoms with Gasteiger partial charge >= 0.3 is 0 Å². The Morgan fingerprint density at radius 2 is 1.91 bits per heavy atom. The number of nitrogens with zero attached hydrogens (tertiary/aromatic N) is 2. The summed E-state index contributed by atoms with van der Waals surface area (Å²) in [5, 5.41) is 2.86. The highest BCUT2D eigenvalue weighted by Gasteiger charge is 2.32. The van der Waals surface area contributed by atoms with Crippen molar-refractivity contribution in [2.24, 2.45) is 0 Å². The minimum Gasteiger partial charge on any atom is -0.483 e. The summed E-state index contributed by atoms with van der Waals surface area (Å²) in [6.07, 6.45) is -0.548. The molecule has 2 amide bonds. The first-order chi connectivity index (χ1) is 15.9. The average Bonchev–Trinajstić information content (AvgIpc) is 2.81. The van der Waals surface area contributed by atoms with Crippen LogP contribution in [0.3, 0.4) is 0 Å². The SMILES string of the molecule is Cc1ccc(C)c(OCC(=O)Nc2ccc3c(c2)N(CCN2CCOCC2)C(=O)C(C)O3)c1. The molecule has 0 aromatic heterocycles. The summed E-state index contributed by atoms with van der Waals surface area (Å²) in [4.78, 5) is 29.4. The number of carbonyl (C=O) groups excluding carboxylic acids is 2. The van der Waals surface area contributed by atoms with Crippen LogP contribution in [0.5, 0.6) is 11.5 Å². The van der Waals surface area contributed by atoms with Crippen molar-refractivity contribution in [2.45, 2.75) is 26.9 Å². The lowest BCUT2D eigenvalue weighted by molar-refractivity contribution is -0.125. The van der Waals surface area contributed by atoms with Crippen molar-refractivity contribution < 1.29 is 23.8 Å². The number of anilines is 2. The summed E-state index contributed by atoms with van der Waals surface area (Å²) in [5.74, 6) is 0.969. The van der Waals surface area contributed by atoms with Crippen LogP contribution in [0.2, 0.25) is 0 Å². The molecule has 2 heterocycles. The lowest BCUT2D eigenvalue weighted by Gasteiger charge is -2.35. The molecule has 1 atom stereocenters. The third-order valence-corrected chi connectivity index (χ3v) is 5.90. The molecule has 0 bridgehead atoms. The zero-order chi connectivity index (χ0) is 23.4. The Kier molecular flexibility index (Phi) is 7.15. The summed E-state index contributed by atoms with van der Waals surface area (Å²) in [7, 11) is 0. The number of ether oxygens (including phenoxy) is 3. The van der Waals surface area contributed by atoms with Crippen molar-refractivity contribution in [1.29, 1.82) is 0 Å². The second-order valence-electron chi connectivity index (χ2n) is 8.49. The van der Waals surface area contributed by atoms with E-state index in [1.165, 1.54) is 0 Å². The molecule has 0 saturated carbocycles. The number of benzene rings is 2. The van der Waals surface area contributed by atoms with Gasteiger partial charge in [0.1, 0.15) is 11.5 Å². The number of hydrogen-bond acceptors (Lipinski definition) is 6. The Morgan fingerprint density at radius 1 is 1.12 bits per heavy atom. The van der Waals surface area contributed by atoms with Crippen molar-refractivity contribution in [3.8, 4) is 11.5 Å². The second-order valence-corrected chi connectivity index (χ2v) is 8.49. The van der Waals surface area contributed by atoms with Crippen LogP contribution < -0.4 is 19.7 Å². The predicted molar refractivity (Wildman–Crippen MR) is 126 cm³/mol. The van der Waals surface area contributed by atoms with Crippen LogP contribution in [0, 0.1) is 13.8 Å². The van der Waals surface area contributed by atoms with Gasteiger partial charge in [0.25, 0.3) is 11.8 Å². The smallest absolute Gasteiger partial charge is 0.267 e. The van der Waals surface area contributed by atoms with Gasteiger partial charge in [-0.3, -0.25) is 14.5 Å². The van der Waals surface area contributed by atoms with Crippen LogP contribution in [0.25, 0.3) is 0 Å². The van der Waals surface area contributed by atoms with Gasteiger partial charge < -0.3 is 24.4 Å². The van der Waals surface area contributed by atoms with Gasteiger partial charge in [0.05, 0.1) is 18.9 Å². The molecule has 1 N–H and O–H groups in total. The topological polar surface area (TPSA) is 80.3 Å². The van der Waals surface area contributed by atoms with Crippen molar-refractivity contribution in [3.63, 3.8) is 0 Å². The number of amides is 2. The van der Waals surface area contributed by atoms with Crippen LogP contribution in [0.4, 0.5) is 11.4 Å². The standard InChI is InChI=1S/C25H31N3O5/c1-17-4-5-18(2)23(14-17)32-16-24(29)26-20-6-7-22-21(15-20)28(25(30)19(3)33-22)9-8-27-10-12-31-13-11-27/h4-7,14-15,19H,8-13,16H2,1-3H3,(H,26,29). The van der Waals surface area contributed by atoms with Gasteiger partial charge in [0.2, 0.25) is 0 Å². The highest BCUT2D eigenvalue weighted by molar-refractivity contribution is 6.01. The Bertz CT molecular complexity index is 1020. The molecule has 1 unspecified atom stereocenters. The second kappa shape index (κ2) is 10.2. The summed E-state index contributed by atoms with van der Waals surface area (Å²) < 4.78 is 16.9. The fourth-order valence-electron chi connectivity index (χ4n) is 3.98. The molecule has 0 aliphatic carbocycles.